The lowest BCUT2D eigenvalue weighted by Crippen LogP contribution is -2.57. The molecule has 0 radical (unpaired) electrons. The van der Waals surface area contributed by atoms with Crippen molar-refractivity contribution < 1.29 is 4.79 Å². The van der Waals surface area contributed by atoms with E-state index < -0.39 is 0 Å². The average Bonchev–Trinajstić information content (AvgIpc) is 2.18. The van der Waals surface area contributed by atoms with Crippen LogP contribution in [-0.4, -0.2) is 50.1 Å². The van der Waals surface area contributed by atoms with Crippen molar-refractivity contribution in [3.63, 3.8) is 0 Å². The Morgan fingerprint density at radius 1 is 1.38 bits per heavy atom. The summed E-state index contributed by atoms with van der Waals surface area (Å²) in [6, 6.07) is 0. The van der Waals surface area contributed by atoms with Crippen LogP contribution in [0.4, 0.5) is 0 Å². The van der Waals surface area contributed by atoms with E-state index in [4.69, 9.17) is 0 Å². The number of carbonyl (C=O) groups excluding carboxylic acids is 1. The van der Waals surface area contributed by atoms with Crippen LogP contribution >= 0.6 is 0 Å². The van der Waals surface area contributed by atoms with Gasteiger partial charge in [-0.3, -0.25) is 4.79 Å². The highest BCUT2D eigenvalue weighted by atomic mass is 16.1. The minimum atomic E-state index is 0.107. The summed E-state index contributed by atoms with van der Waals surface area (Å²) in [6.07, 6.45) is 4.78. The van der Waals surface area contributed by atoms with Crippen LogP contribution in [0.1, 0.15) is 32.6 Å². The average molecular weight is 227 g/mol. The number of rotatable bonds is 7. The molecule has 4 nitrogen and oxygen atoms in total. The summed E-state index contributed by atoms with van der Waals surface area (Å²) in [4.78, 5) is 13.7. The van der Waals surface area contributed by atoms with Crippen LogP contribution in [0.2, 0.25) is 0 Å². The van der Waals surface area contributed by atoms with Gasteiger partial charge in [-0.1, -0.05) is 6.92 Å². The monoisotopic (exact) mass is 227 g/mol. The van der Waals surface area contributed by atoms with Gasteiger partial charge in [-0.15, -0.1) is 0 Å². The number of hydrogen-bond donors (Lipinski definition) is 2. The maximum Gasteiger partial charge on any atom is 0.233 e. The molecule has 0 aliphatic heterocycles. The van der Waals surface area contributed by atoms with Gasteiger partial charge in [-0.05, 0) is 39.8 Å². The van der Waals surface area contributed by atoms with Gasteiger partial charge in [0.1, 0.15) is 0 Å². The van der Waals surface area contributed by atoms with Gasteiger partial charge in [0.25, 0.3) is 0 Å². The highest BCUT2D eigenvalue weighted by Crippen LogP contribution is 2.35. The highest BCUT2D eigenvalue weighted by molar-refractivity contribution is 5.77. The molecule has 0 unspecified atom stereocenters. The molecule has 2 N–H and O–H groups in total. The van der Waals surface area contributed by atoms with E-state index in [9.17, 15) is 4.79 Å². The van der Waals surface area contributed by atoms with E-state index in [1.807, 2.05) is 0 Å². The van der Waals surface area contributed by atoms with Gasteiger partial charge in [-0.25, -0.2) is 0 Å². The Balaban J connectivity index is 2.16. The molecule has 0 aromatic rings. The van der Waals surface area contributed by atoms with E-state index in [1.54, 1.807) is 0 Å². The standard InChI is InChI=1S/C12H25N3O/c1-4-8-14-11(16)9-13-10-12(15(2)3)6-5-7-12/h13H,4-10H2,1-3H3,(H,14,16). The van der Waals surface area contributed by atoms with E-state index in [1.165, 1.54) is 19.3 Å². The molecule has 4 heteroatoms. The summed E-state index contributed by atoms with van der Waals surface area (Å²) >= 11 is 0. The van der Waals surface area contributed by atoms with Crippen LogP contribution in [0, 0.1) is 0 Å². The second-order valence-electron chi connectivity index (χ2n) is 4.93. The van der Waals surface area contributed by atoms with Crippen LogP contribution in [0.25, 0.3) is 0 Å². The van der Waals surface area contributed by atoms with Crippen molar-refractivity contribution in [2.75, 3.05) is 33.7 Å². The molecule has 1 amide bonds. The summed E-state index contributed by atoms with van der Waals surface area (Å²) in [5.74, 6) is 0.107. The number of likely N-dealkylation sites (N-methyl/N-ethyl adjacent to an activating group) is 1. The molecule has 1 aliphatic carbocycles. The Hall–Kier alpha value is -0.610. The Morgan fingerprint density at radius 2 is 2.06 bits per heavy atom. The molecular formula is C12H25N3O. The summed E-state index contributed by atoms with van der Waals surface area (Å²) in [5.41, 5.74) is 0.297. The molecule has 94 valence electrons. The lowest BCUT2D eigenvalue weighted by molar-refractivity contribution is -0.120. The van der Waals surface area contributed by atoms with Gasteiger partial charge in [-0.2, -0.15) is 0 Å². The molecule has 0 spiro atoms. The SMILES string of the molecule is CCCNC(=O)CNCC1(N(C)C)CCC1. The number of hydrogen-bond acceptors (Lipinski definition) is 3. The Labute approximate surface area is 98.8 Å². The maximum atomic E-state index is 11.4. The molecule has 0 saturated heterocycles. The van der Waals surface area contributed by atoms with Crippen LogP contribution in [-0.2, 0) is 4.79 Å². The first-order valence-electron chi connectivity index (χ1n) is 6.25. The van der Waals surface area contributed by atoms with E-state index in [0.29, 0.717) is 12.1 Å². The summed E-state index contributed by atoms with van der Waals surface area (Å²) in [6.45, 7) is 4.19. The second-order valence-corrected chi connectivity index (χ2v) is 4.93. The fraction of sp³-hybridized carbons (Fsp3) is 0.917. The predicted molar refractivity (Wildman–Crippen MR) is 66.4 cm³/mol. The Morgan fingerprint density at radius 3 is 2.50 bits per heavy atom. The normalized spacial score (nSPS) is 18.2. The zero-order chi connectivity index (χ0) is 12.0. The third kappa shape index (κ3) is 3.46. The second kappa shape index (κ2) is 6.21. The molecule has 0 aromatic heterocycles. The molecule has 0 bridgehead atoms. The molecule has 1 rings (SSSR count). The van der Waals surface area contributed by atoms with Gasteiger partial charge in [0.05, 0.1) is 6.54 Å². The van der Waals surface area contributed by atoms with E-state index in [-0.39, 0.29) is 5.91 Å². The highest BCUT2D eigenvalue weighted by Gasteiger charge is 2.38. The maximum absolute atomic E-state index is 11.4. The van der Waals surface area contributed by atoms with Crippen molar-refractivity contribution >= 4 is 5.91 Å². The van der Waals surface area contributed by atoms with Crippen LogP contribution in [0.15, 0.2) is 0 Å². The molecule has 16 heavy (non-hydrogen) atoms. The van der Waals surface area contributed by atoms with Gasteiger partial charge < -0.3 is 15.5 Å². The fourth-order valence-electron chi connectivity index (χ4n) is 2.10. The minimum Gasteiger partial charge on any atom is -0.355 e. The van der Waals surface area contributed by atoms with Crippen LogP contribution in [0.5, 0.6) is 0 Å². The van der Waals surface area contributed by atoms with E-state index in [0.717, 1.165) is 19.5 Å². The Kier molecular flexibility index (Phi) is 5.22. The van der Waals surface area contributed by atoms with E-state index >= 15 is 0 Å². The third-order valence-electron chi connectivity index (χ3n) is 3.54. The first kappa shape index (κ1) is 13.5. The molecular weight excluding hydrogens is 202 g/mol. The summed E-state index contributed by atoms with van der Waals surface area (Å²) in [5, 5.41) is 6.13. The molecule has 0 heterocycles. The fourth-order valence-corrected chi connectivity index (χ4v) is 2.10. The first-order valence-corrected chi connectivity index (χ1v) is 6.25. The predicted octanol–water partition coefficient (Wildman–Crippen LogP) is 0.587. The molecule has 0 atom stereocenters. The lowest BCUT2D eigenvalue weighted by atomic mass is 9.75. The number of nitrogens with one attached hydrogen (secondary N) is 2. The van der Waals surface area contributed by atoms with Gasteiger partial charge in [0.2, 0.25) is 5.91 Å². The zero-order valence-electron chi connectivity index (χ0n) is 10.8. The molecule has 1 fully saturated rings. The summed E-state index contributed by atoms with van der Waals surface area (Å²) < 4.78 is 0. The van der Waals surface area contributed by atoms with Crippen molar-refractivity contribution in [3.05, 3.63) is 0 Å². The Bertz CT molecular complexity index is 224. The lowest BCUT2D eigenvalue weighted by Gasteiger charge is -2.47. The zero-order valence-corrected chi connectivity index (χ0v) is 10.8. The van der Waals surface area contributed by atoms with Crippen molar-refractivity contribution in [1.82, 2.24) is 15.5 Å². The van der Waals surface area contributed by atoms with Crippen molar-refractivity contribution in [2.24, 2.45) is 0 Å². The van der Waals surface area contributed by atoms with Crippen molar-refractivity contribution in [1.29, 1.82) is 0 Å². The van der Waals surface area contributed by atoms with E-state index in [2.05, 4.69) is 36.6 Å². The first-order chi connectivity index (χ1) is 7.60. The minimum absolute atomic E-state index is 0.107. The largest absolute Gasteiger partial charge is 0.355 e. The number of carbonyl (C=O) groups is 1. The molecule has 0 aromatic carbocycles. The third-order valence-corrected chi connectivity index (χ3v) is 3.54. The van der Waals surface area contributed by atoms with Gasteiger partial charge in [0.15, 0.2) is 0 Å². The number of amides is 1. The number of nitrogens with zero attached hydrogens (tertiary/aromatic N) is 1. The molecule has 1 saturated carbocycles. The van der Waals surface area contributed by atoms with Gasteiger partial charge >= 0.3 is 0 Å². The topological polar surface area (TPSA) is 44.4 Å². The van der Waals surface area contributed by atoms with Crippen LogP contribution < -0.4 is 10.6 Å². The molecule has 1 aliphatic rings. The quantitative estimate of drug-likeness (QED) is 0.669. The van der Waals surface area contributed by atoms with Crippen molar-refractivity contribution in [2.45, 2.75) is 38.1 Å². The van der Waals surface area contributed by atoms with Gasteiger partial charge in [0, 0.05) is 18.6 Å². The smallest absolute Gasteiger partial charge is 0.233 e. The summed E-state index contributed by atoms with van der Waals surface area (Å²) in [7, 11) is 4.25. The van der Waals surface area contributed by atoms with Crippen LogP contribution in [0.3, 0.4) is 0 Å². The van der Waals surface area contributed by atoms with Crippen molar-refractivity contribution in [3.8, 4) is 0 Å².